The molecule has 0 radical (unpaired) electrons. The fourth-order valence-corrected chi connectivity index (χ4v) is 6.71. The predicted molar refractivity (Wildman–Crippen MR) is 97.3 cm³/mol. The number of nitrogens with one attached hydrogen (secondary N) is 1. The summed E-state index contributed by atoms with van der Waals surface area (Å²) in [5.74, 6) is 0.0954. The number of hydrogen-bond acceptors (Lipinski definition) is 5. The van der Waals surface area contributed by atoms with E-state index in [0.29, 0.717) is 23.0 Å². The predicted octanol–water partition coefficient (Wildman–Crippen LogP) is 3.40. The summed E-state index contributed by atoms with van der Waals surface area (Å²) in [6.07, 6.45) is 0.549. The van der Waals surface area contributed by atoms with Crippen molar-refractivity contribution in [2.45, 2.75) is 10.6 Å². The number of halogens is 2. The Morgan fingerprint density at radius 2 is 1.92 bits per heavy atom. The van der Waals surface area contributed by atoms with Gasteiger partial charge in [-0.15, -0.1) is 11.3 Å². The third-order valence-electron chi connectivity index (χ3n) is 3.40. The normalized spacial score (nSPS) is 17.2. The molecule has 0 bridgehead atoms. The van der Waals surface area contributed by atoms with Gasteiger partial charge in [-0.2, -0.15) is 0 Å². The molecular weight excluding hydrogens is 415 g/mol. The molecule has 0 atom stereocenters. The summed E-state index contributed by atoms with van der Waals surface area (Å²) < 4.78 is 52.5. The van der Waals surface area contributed by atoms with Crippen molar-refractivity contribution >= 4 is 66.0 Å². The maximum Gasteiger partial charge on any atom is 0.271 e. The van der Waals surface area contributed by atoms with Crippen molar-refractivity contribution in [1.82, 2.24) is 0 Å². The average molecular weight is 427 g/mol. The highest BCUT2D eigenvalue weighted by Crippen LogP contribution is 2.33. The first-order valence-corrected chi connectivity index (χ1v) is 11.4. The Kier molecular flexibility index (Phi) is 4.73. The molecule has 0 spiro atoms. The number of sulfonamides is 2. The van der Waals surface area contributed by atoms with Crippen LogP contribution in [0.15, 0.2) is 34.5 Å². The zero-order valence-corrected chi connectivity index (χ0v) is 16.0. The second kappa shape index (κ2) is 6.38. The van der Waals surface area contributed by atoms with Crippen LogP contribution in [0.2, 0.25) is 9.36 Å². The van der Waals surface area contributed by atoms with Gasteiger partial charge in [0.1, 0.15) is 4.21 Å². The second-order valence-corrected chi connectivity index (χ2v) is 11.1. The fourth-order valence-electron chi connectivity index (χ4n) is 2.31. The van der Waals surface area contributed by atoms with Crippen LogP contribution in [0.3, 0.4) is 0 Å². The van der Waals surface area contributed by atoms with Crippen LogP contribution < -0.4 is 9.03 Å². The van der Waals surface area contributed by atoms with Gasteiger partial charge >= 0.3 is 0 Å². The minimum atomic E-state index is -3.80. The molecule has 3 rings (SSSR count). The summed E-state index contributed by atoms with van der Waals surface area (Å²) in [5.41, 5.74) is 0.584. The summed E-state index contributed by atoms with van der Waals surface area (Å²) in [7, 11) is -7.12. The summed E-state index contributed by atoms with van der Waals surface area (Å²) in [5, 5.41) is 0.112. The molecule has 1 aliphatic heterocycles. The van der Waals surface area contributed by atoms with Gasteiger partial charge in [-0.25, -0.2) is 16.8 Å². The van der Waals surface area contributed by atoms with Gasteiger partial charge in [0.25, 0.3) is 10.0 Å². The monoisotopic (exact) mass is 426 g/mol. The molecule has 2 aromatic rings. The molecule has 0 amide bonds. The minimum Gasteiger partial charge on any atom is -0.277 e. The molecule has 0 saturated carbocycles. The van der Waals surface area contributed by atoms with Crippen LogP contribution in [0, 0.1) is 0 Å². The zero-order chi connectivity index (χ0) is 17.5. The van der Waals surface area contributed by atoms with Gasteiger partial charge in [0.2, 0.25) is 10.0 Å². The topological polar surface area (TPSA) is 83.6 Å². The molecule has 1 N–H and O–H groups in total. The van der Waals surface area contributed by atoms with Crippen LogP contribution in [0.1, 0.15) is 6.42 Å². The van der Waals surface area contributed by atoms with E-state index in [0.717, 1.165) is 11.3 Å². The molecule has 1 aromatic heterocycles. The van der Waals surface area contributed by atoms with Crippen LogP contribution in [-0.2, 0) is 20.0 Å². The molecule has 0 unspecified atom stereocenters. The number of thiophene rings is 1. The quantitative estimate of drug-likeness (QED) is 0.811. The van der Waals surface area contributed by atoms with Crippen LogP contribution in [0.5, 0.6) is 0 Å². The standard InChI is InChI=1S/C13H12Cl2N2O4S3/c14-10-8-9(17-6-1-7-23(17,18)19)2-3-11(10)16-24(20,21)13-5-4-12(15)22-13/h2-5,8,16H,1,6-7H2. The molecule has 6 nitrogen and oxygen atoms in total. The first kappa shape index (κ1) is 17.8. The summed E-state index contributed by atoms with van der Waals surface area (Å²) >= 11 is 12.8. The minimum absolute atomic E-state index is 0.0646. The average Bonchev–Trinajstić information content (AvgIpc) is 3.07. The summed E-state index contributed by atoms with van der Waals surface area (Å²) in [4.78, 5) is 0. The van der Waals surface area contributed by atoms with Gasteiger partial charge in [0.15, 0.2) is 0 Å². The van der Waals surface area contributed by atoms with Crippen molar-refractivity contribution < 1.29 is 16.8 Å². The molecule has 1 fully saturated rings. The van der Waals surface area contributed by atoms with Crippen LogP contribution in [0.25, 0.3) is 0 Å². The van der Waals surface area contributed by atoms with Crippen LogP contribution in [-0.4, -0.2) is 29.1 Å². The van der Waals surface area contributed by atoms with Crippen LogP contribution >= 0.6 is 34.5 Å². The van der Waals surface area contributed by atoms with Gasteiger partial charge in [-0.3, -0.25) is 9.03 Å². The van der Waals surface area contributed by atoms with E-state index < -0.39 is 20.0 Å². The molecule has 130 valence electrons. The maximum atomic E-state index is 12.3. The Labute approximate surface area is 154 Å². The lowest BCUT2D eigenvalue weighted by atomic mass is 10.3. The van der Waals surface area contributed by atoms with Crippen molar-refractivity contribution in [1.29, 1.82) is 0 Å². The lowest BCUT2D eigenvalue weighted by molar-refractivity contribution is 0.598. The number of anilines is 2. The van der Waals surface area contributed by atoms with E-state index in [-0.39, 0.29) is 20.7 Å². The Morgan fingerprint density at radius 1 is 1.17 bits per heavy atom. The SMILES string of the molecule is O=S(=O)(Nc1ccc(N2CCCS2(=O)=O)cc1Cl)c1ccc(Cl)s1. The van der Waals surface area contributed by atoms with E-state index >= 15 is 0 Å². The van der Waals surface area contributed by atoms with E-state index in [2.05, 4.69) is 4.72 Å². The molecule has 2 heterocycles. The molecule has 1 aliphatic rings. The number of benzene rings is 1. The van der Waals surface area contributed by atoms with E-state index in [4.69, 9.17) is 23.2 Å². The largest absolute Gasteiger partial charge is 0.277 e. The Morgan fingerprint density at radius 3 is 2.46 bits per heavy atom. The number of nitrogens with zero attached hydrogens (tertiary/aromatic N) is 1. The van der Waals surface area contributed by atoms with Crippen molar-refractivity contribution in [3.8, 4) is 0 Å². The highest BCUT2D eigenvalue weighted by atomic mass is 35.5. The smallest absolute Gasteiger partial charge is 0.271 e. The Balaban J connectivity index is 1.88. The van der Waals surface area contributed by atoms with Gasteiger partial charge in [0, 0.05) is 6.54 Å². The summed E-state index contributed by atoms with van der Waals surface area (Å²) in [6, 6.07) is 7.29. The van der Waals surface area contributed by atoms with Crippen LogP contribution in [0.4, 0.5) is 11.4 Å². The molecule has 0 aliphatic carbocycles. The molecular formula is C13H12Cl2N2O4S3. The summed E-state index contributed by atoms with van der Waals surface area (Å²) in [6.45, 7) is 0.386. The van der Waals surface area contributed by atoms with Crippen molar-refractivity contribution in [3.05, 3.63) is 39.7 Å². The first-order valence-electron chi connectivity index (χ1n) is 6.77. The molecule has 24 heavy (non-hydrogen) atoms. The Bertz CT molecular complexity index is 986. The highest BCUT2D eigenvalue weighted by Gasteiger charge is 2.29. The maximum absolute atomic E-state index is 12.3. The van der Waals surface area contributed by atoms with Crippen molar-refractivity contribution in [2.75, 3.05) is 21.3 Å². The van der Waals surface area contributed by atoms with Gasteiger partial charge in [-0.1, -0.05) is 23.2 Å². The highest BCUT2D eigenvalue weighted by molar-refractivity contribution is 7.94. The third kappa shape index (κ3) is 3.50. The van der Waals surface area contributed by atoms with Crippen molar-refractivity contribution in [3.63, 3.8) is 0 Å². The molecule has 1 aromatic carbocycles. The third-order valence-corrected chi connectivity index (χ3v) is 8.67. The fraction of sp³-hybridized carbons (Fsp3) is 0.231. The number of rotatable bonds is 4. The first-order chi connectivity index (χ1) is 11.2. The van der Waals surface area contributed by atoms with E-state index in [9.17, 15) is 16.8 Å². The van der Waals surface area contributed by atoms with Crippen molar-refractivity contribution in [2.24, 2.45) is 0 Å². The van der Waals surface area contributed by atoms with E-state index in [1.165, 1.54) is 34.6 Å². The van der Waals surface area contributed by atoms with Gasteiger partial charge in [-0.05, 0) is 36.8 Å². The second-order valence-electron chi connectivity index (χ2n) is 5.07. The van der Waals surface area contributed by atoms with E-state index in [1.807, 2.05) is 0 Å². The zero-order valence-electron chi connectivity index (χ0n) is 12.1. The number of hydrogen-bond donors (Lipinski definition) is 1. The molecule has 1 saturated heterocycles. The van der Waals surface area contributed by atoms with Gasteiger partial charge < -0.3 is 0 Å². The molecule has 11 heteroatoms. The van der Waals surface area contributed by atoms with Gasteiger partial charge in [0.05, 0.1) is 26.5 Å². The lowest BCUT2D eigenvalue weighted by Crippen LogP contribution is -2.25. The lowest BCUT2D eigenvalue weighted by Gasteiger charge is -2.18. The van der Waals surface area contributed by atoms with E-state index in [1.54, 1.807) is 0 Å². The Hall–Kier alpha value is -1.000.